The number of pyridine rings is 1. The molecular weight excluding hydrogens is 800 g/mol. The Bertz CT molecular complexity index is 857. The van der Waals surface area contributed by atoms with E-state index in [0.717, 1.165) is 25.5 Å². The molecule has 0 aliphatic carbocycles. The van der Waals surface area contributed by atoms with Gasteiger partial charge in [-0.05, 0) is 11.8 Å². The molecule has 2 aromatic rings. The summed E-state index contributed by atoms with van der Waals surface area (Å²) >= 11 is 1.70. The van der Waals surface area contributed by atoms with E-state index in [9.17, 15) is 26.3 Å². The molecule has 2 N–H and O–H groups in total. The fourth-order valence-corrected chi connectivity index (χ4v) is 1.07. The molecule has 1 aromatic heterocycles. The minimum Gasteiger partial charge on any atom is -0.305 e. The van der Waals surface area contributed by atoms with E-state index in [2.05, 4.69) is 11.1 Å². The van der Waals surface area contributed by atoms with Crippen LogP contribution in [0, 0.1) is 6.07 Å². The first kappa shape index (κ1) is 43.0. The number of rotatable bonds is 1. The molecule has 0 aliphatic rings. The van der Waals surface area contributed by atoms with Crippen molar-refractivity contribution in [2.45, 2.75) is 11.0 Å². The zero-order chi connectivity index (χ0) is 27.3. The Kier molecular flexibility index (Phi) is 29.9. The van der Waals surface area contributed by atoms with Crippen molar-refractivity contribution >= 4 is 20.8 Å². The molecule has 0 atom stereocenters. The maximum absolute atomic E-state index is 10.7. The molecule has 9 nitrogen and oxygen atoms in total. The van der Waals surface area contributed by atoms with Crippen molar-refractivity contribution in [1.82, 2.24) is 4.98 Å². The third kappa shape index (κ3) is 24.1. The van der Waals surface area contributed by atoms with Crippen LogP contribution in [0.25, 0.3) is 11.3 Å². The van der Waals surface area contributed by atoms with Crippen molar-refractivity contribution in [3.63, 3.8) is 0 Å². The zero-order valence-corrected chi connectivity index (χ0v) is 22.1. The summed E-state index contributed by atoms with van der Waals surface area (Å²) in [5, 5.41) is 14.0. The topological polar surface area (TPSA) is 162 Å². The molecule has 0 saturated heterocycles. The second-order valence-corrected chi connectivity index (χ2v) is 6.38. The molecule has 1 radical (unpaired) electrons. The summed E-state index contributed by atoms with van der Waals surface area (Å²) in [7, 11) is -8.02. The molecule has 1 aromatic carbocycles. The number of aliphatic hydroxyl groups is 2. The van der Waals surface area contributed by atoms with E-state index >= 15 is 0 Å². The van der Waals surface area contributed by atoms with E-state index in [0.29, 0.717) is 0 Å². The fraction of sp³-hybridized carbons (Fsp3) is 0.267. The Morgan fingerprint density at radius 2 is 1.32 bits per heavy atom. The number of nitrogens with zero attached hydrogens (tertiary/aromatic N) is 1. The summed E-state index contributed by atoms with van der Waals surface area (Å²) in [6.07, 6.45) is 1.79. The Hall–Kier alpha value is -1.08. The van der Waals surface area contributed by atoms with Crippen molar-refractivity contribution in [3.05, 3.63) is 54.7 Å². The molecule has 1 heterocycles. The van der Waals surface area contributed by atoms with E-state index < -0.39 is 31.8 Å². The first-order valence-corrected chi connectivity index (χ1v) is 10.3. The molecule has 0 spiro atoms. The first-order chi connectivity index (χ1) is 15.2. The van der Waals surface area contributed by atoms with E-state index in [1.54, 1.807) is 27.2 Å². The van der Waals surface area contributed by atoms with Gasteiger partial charge in [-0.15, -0.1) is 35.9 Å². The van der Waals surface area contributed by atoms with Crippen molar-refractivity contribution in [2.24, 2.45) is 0 Å². The molecular formula is C15H16AgF6IrNO8S2-3. The third-order valence-electron chi connectivity index (χ3n) is 2.12. The van der Waals surface area contributed by atoms with Crippen LogP contribution in [0.1, 0.15) is 0 Å². The van der Waals surface area contributed by atoms with Gasteiger partial charge in [0, 0.05) is 51.2 Å². The maximum Gasteiger partial charge on any atom is 0.0160 e. The SMILES string of the molecule is CO.CO.O=S(=O)([O-])C(F)(F)F.O=[S-](=O)C(F)(F)F.[Ir].[O]=[Ag].[c-]1ccccc1-c1ccccn1. The molecule has 0 amide bonds. The van der Waals surface area contributed by atoms with E-state index in [-0.39, 0.29) is 20.1 Å². The van der Waals surface area contributed by atoms with Gasteiger partial charge in [-0.2, -0.15) is 26.3 Å². The van der Waals surface area contributed by atoms with Gasteiger partial charge in [-0.1, -0.05) is 12.1 Å². The molecule has 19 heteroatoms. The summed E-state index contributed by atoms with van der Waals surface area (Å²) in [4.78, 5) is 4.22. The van der Waals surface area contributed by atoms with Gasteiger partial charge >= 0.3 is 35.3 Å². The monoisotopic (exact) mass is 816 g/mol. The number of aliphatic hydroxyl groups excluding tert-OH is 2. The Labute approximate surface area is 218 Å². The number of benzene rings is 1. The van der Waals surface area contributed by atoms with Crippen LogP contribution in [-0.4, -0.2) is 53.4 Å². The van der Waals surface area contributed by atoms with Crippen LogP contribution in [0.5, 0.6) is 0 Å². The smallest absolute Gasteiger partial charge is 0.0160 e. The minimum absolute atomic E-state index is 0. The van der Waals surface area contributed by atoms with Crippen molar-refractivity contribution in [3.8, 4) is 11.3 Å². The van der Waals surface area contributed by atoms with Gasteiger partial charge in [0.25, 0.3) is 0 Å². The molecule has 34 heavy (non-hydrogen) atoms. The summed E-state index contributed by atoms with van der Waals surface area (Å²) in [5.41, 5.74) is -8.72. The number of aromatic nitrogens is 1. The number of alkyl halides is 6. The van der Waals surface area contributed by atoms with Crippen LogP contribution >= 0.6 is 0 Å². The normalized spacial score (nSPS) is 9.82. The van der Waals surface area contributed by atoms with Gasteiger partial charge in [0.2, 0.25) is 0 Å². The molecule has 0 bridgehead atoms. The van der Waals surface area contributed by atoms with E-state index in [1.165, 1.54) is 0 Å². The van der Waals surface area contributed by atoms with Crippen molar-refractivity contribution in [1.29, 1.82) is 0 Å². The van der Waals surface area contributed by atoms with Crippen LogP contribution < -0.4 is 0 Å². The molecule has 2 rings (SSSR count). The fourth-order valence-electron chi connectivity index (χ4n) is 1.07. The predicted octanol–water partition coefficient (Wildman–Crippen LogP) is 2.51. The summed E-state index contributed by atoms with van der Waals surface area (Å²) in [5.74, 6) is 0. The van der Waals surface area contributed by atoms with Gasteiger partial charge in [-0.25, -0.2) is 8.42 Å². The first-order valence-electron chi connectivity index (χ1n) is 7.24. The summed E-state index contributed by atoms with van der Waals surface area (Å²) < 4.78 is 116. The van der Waals surface area contributed by atoms with Crippen LogP contribution in [0.2, 0.25) is 0 Å². The average Bonchev–Trinajstić information content (AvgIpc) is 2.78. The quantitative estimate of drug-likeness (QED) is 0.110. The summed E-state index contributed by atoms with van der Waals surface area (Å²) in [6.45, 7) is 0. The zero-order valence-electron chi connectivity index (χ0n) is 16.6. The summed E-state index contributed by atoms with van der Waals surface area (Å²) in [6, 6.07) is 16.8. The van der Waals surface area contributed by atoms with Gasteiger partial charge in [-0.3, -0.25) is 0 Å². The molecule has 0 unspecified atom stereocenters. The second kappa shape index (κ2) is 23.7. The number of halogens is 6. The van der Waals surface area contributed by atoms with Crippen molar-refractivity contribution < 1.29 is 102 Å². The van der Waals surface area contributed by atoms with Gasteiger partial charge in [0.1, 0.15) is 0 Å². The Balaban J connectivity index is -0.000000114. The molecule has 0 fully saturated rings. The molecule has 206 valence electrons. The predicted molar refractivity (Wildman–Crippen MR) is 96.0 cm³/mol. The number of hydrogen-bond donors (Lipinski definition) is 2. The van der Waals surface area contributed by atoms with Crippen LogP contribution in [0.3, 0.4) is 0 Å². The van der Waals surface area contributed by atoms with E-state index in [1.807, 2.05) is 42.5 Å². The largest absolute Gasteiger partial charge is 0.305 e. The van der Waals surface area contributed by atoms with Crippen LogP contribution in [0.15, 0.2) is 48.7 Å². The van der Waals surface area contributed by atoms with Crippen LogP contribution in [-0.2, 0) is 73.6 Å². The average molecular weight is 816 g/mol. The van der Waals surface area contributed by atoms with E-state index in [4.69, 9.17) is 34.9 Å². The standard InChI is InChI=1S/C11H8N.CHF3O3S.CF3O2S.2CH4O.Ag.Ir.O/c1-2-6-10(7-3-1)11-8-4-5-9-12-11;2-1(3,4)8(5,6)7;2-1(3,4)7(5)6;2*1-2;;;/h1-6,8-9H;(H,5,6,7);;2*2H,1H3;;;/q-1;;-1;;;;;/p-1. The Morgan fingerprint density at radius 1 is 0.941 bits per heavy atom. The van der Waals surface area contributed by atoms with Crippen molar-refractivity contribution in [2.75, 3.05) is 14.2 Å². The van der Waals surface area contributed by atoms with Gasteiger partial charge in [0.05, 0.1) is 0 Å². The molecule has 0 aliphatic heterocycles. The third-order valence-corrected chi connectivity index (χ3v) is 3.07. The second-order valence-electron chi connectivity index (χ2n) is 4.07. The maximum atomic E-state index is 10.7. The Morgan fingerprint density at radius 3 is 1.56 bits per heavy atom. The number of hydrogen-bond acceptors (Lipinski definition) is 10. The van der Waals surface area contributed by atoms with Gasteiger partial charge in [0.15, 0.2) is 10.1 Å². The minimum atomic E-state index is -6.09. The van der Waals surface area contributed by atoms with Crippen LogP contribution in [0.4, 0.5) is 26.3 Å². The molecule has 0 saturated carbocycles. The van der Waals surface area contributed by atoms with Gasteiger partial charge < -0.3 is 28.2 Å².